The van der Waals surface area contributed by atoms with Gasteiger partial charge >= 0.3 is 0 Å². The molecule has 0 fully saturated rings. The van der Waals surface area contributed by atoms with Crippen LogP contribution in [-0.4, -0.2) is 30.0 Å². The van der Waals surface area contributed by atoms with Gasteiger partial charge in [0, 0.05) is 49.2 Å². The number of nitrogens with zero attached hydrogens (tertiary/aromatic N) is 3. The monoisotopic (exact) mass is 360 g/mol. The number of aromatic nitrogens is 2. The Morgan fingerprint density at radius 1 is 1.12 bits per heavy atom. The molecule has 0 saturated carbocycles. The van der Waals surface area contributed by atoms with Crippen LogP contribution in [0.3, 0.4) is 0 Å². The lowest BCUT2D eigenvalue weighted by Crippen LogP contribution is -2.19. The Morgan fingerprint density at radius 3 is 2.54 bits per heavy atom. The molecule has 2 N–H and O–H groups in total. The van der Waals surface area contributed by atoms with Crippen LogP contribution in [0, 0.1) is 0 Å². The maximum atomic E-state index is 11.7. The first-order chi connectivity index (χ1) is 11.4. The number of primary amides is 1. The van der Waals surface area contributed by atoms with E-state index in [1.807, 2.05) is 31.1 Å². The summed E-state index contributed by atoms with van der Waals surface area (Å²) in [7, 11) is 3.67. The summed E-state index contributed by atoms with van der Waals surface area (Å²) in [5.74, 6) is -0.542. The van der Waals surface area contributed by atoms with Crippen molar-refractivity contribution in [3.05, 3.63) is 52.4 Å². The van der Waals surface area contributed by atoms with Gasteiger partial charge in [-0.15, -0.1) is 0 Å². The number of amides is 1. The van der Waals surface area contributed by atoms with Gasteiger partial charge in [-0.05, 0) is 6.07 Å². The van der Waals surface area contributed by atoms with Gasteiger partial charge < -0.3 is 10.6 Å². The standard InChI is InChI=1S/C17H14Cl2N4O/c1-23(2)16-11-7-21-6-10(9-4-3-5-13(18)14(9)19)15(11)22-8-12(16)17(20)24/h3-8H,1-2H3,(H2,20,24). The molecule has 0 aliphatic rings. The molecule has 0 aliphatic heterocycles. The highest BCUT2D eigenvalue weighted by atomic mass is 35.5. The van der Waals surface area contributed by atoms with Gasteiger partial charge in [-0.3, -0.25) is 14.8 Å². The van der Waals surface area contributed by atoms with E-state index >= 15 is 0 Å². The molecule has 1 aromatic carbocycles. The van der Waals surface area contributed by atoms with Crippen molar-refractivity contribution >= 4 is 45.7 Å². The van der Waals surface area contributed by atoms with E-state index in [1.54, 1.807) is 18.5 Å². The highest BCUT2D eigenvalue weighted by molar-refractivity contribution is 6.44. The predicted molar refractivity (Wildman–Crippen MR) is 97.8 cm³/mol. The molecule has 0 radical (unpaired) electrons. The molecule has 0 spiro atoms. The van der Waals surface area contributed by atoms with Gasteiger partial charge in [0.2, 0.25) is 0 Å². The quantitative estimate of drug-likeness (QED) is 0.771. The van der Waals surface area contributed by atoms with Crippen molar-refractivity contribution in [2.24, 2.45) is 5.73 Å². The number of hydrogen-bond donors (Lipinski definition) is 1. The minimum Gasteiger partial charge on any atom is -0.376 e. The van der Waals surface area contributed by atoms with Crippen molar-refractivity contribution in [2.45, 2.75) is 0 Å². The third-order valence-corrected chi connectivity index (χ3v) is 4.52. The first kappa shape index (κ1) is 16.5. The Bertz CT molecular complexity index is 957. The summed E-state index contributed by atoms with van der Waals surface area (Å²) >= 11 is 12.5. The molecule has 5 nitrogen and oxygen atoms in total. The molecule has 2 aromatic heterocycles. The van der Waals surface area contributed by atoms with Gasteiger partial charge in [-0.1, -0.05) is 35.3 Å². The third-order valence-electron chi connectivity index (χ3n) is 3.70. The highest BCUT2D eigenvalue weighted by Gasteiger charge is 2.18. The zero-order chi connectivity index (χ0) is 17.4. The molecule has 24 heavy (non-hydrogen) atoms. The highest BCUT2D eigenvalue weighted by Crippen LogP contribution is 2.38. The number of benzene rings is 1. The molecule has 1 amide bonds. The number of pyridine rings is 2. The van der Waals surface area contributed by atoms with E-state index in [4.69, 9.17) is 28.9 Å². The lowest BCUT2D eigenvalue weighted by atomic mass is 10.0. The smallest absolute Gasteiger partial charge is 0.252 e. The fourth-order valence-electron chi connectivity index (χ4n) is 2.67. The minimum atomic E-state index is -0.542. The second kappa shape index (κ2) is 6.26. The van der Waals surface area contributed by atoms with Crippen LogP contribution in [-0.2, 0) is 0 Å². The summed E-state index contributed by atoms with van der Waals surface area (Å²) in [4.78, 5) is 22.2. The van der Waals surface area contributed by atoms with E-state index in [1.165, 1.54) is 6.20 Å². The number of rotatable bonds is 3. The van der Waals surface area contributed by atoms with E-state index in [-0.39, 0.29) is 0 Å². The van der Waals surface area contributed by atoms with Gasteiger partial charge in [0.1, 0.15) is 0 Å². The molecule has 0 saturated heterocycles. The SMILES string of the molecule is CN(C)c1c(C(N)=O)cnc2c(-c3cccc(Cl)c3Cl)cncc12. The third kappa shape index (κ3) is 2.66. The Morgan fingerprint density at radius 2 is 1.88 bits per heavy atom. The number of fused-ring (bicyclic) bond motifs is 1. The first-order valence-corrected chi connectivity index (χ1v) is 7.85. The van der Waals surface area contributed by atoms with Crippen LogP contribution in [0.25, 0.3) is 22.0 Å². The lowest BCUT2D eigenvalue weighted by molar-refractivity contribution is 0.100. The molecule has 0 bridgehead atoms. The van der Waals surface area contributed by atoms with Crippen LogP contribution in [0.4, 0.5) is 5.69 Å². The molecule has 0 aliphatic carbocycles. The average molecular weight is 361 g/mol. The summed E-state index contributed by atoms with van der Waals surface area (Å²) in [6, 6.07) is 5.38. The minimum absolute atomic E-state index is 0.337. The number of hydrogen-bond acceptors (Lipinski definition) is 4. The summed E-state index contributed by atoms with van der Waals surface area (Å²) in [5.41, 5.74) is 8.61. The topological polar surface area (TPSA) is 72.1 Å². The van der Waals surface area contributed by atoms with Crippen molar-refractivity contribution < 1.29 is 4.79 Å². The maximum Gasteiger partial charge on any atom is 0.252 e. The molecule has 2 heterocycles. The first-order valence-electron chi connectivity index (χ1n) is 7.10. The second-order valence-corrected chi connectivity index (χ2v) is 6.25. The van der Waals surface area contributed by atoms with Crippen LogP contribution >= 0.6 is 23.2 Å². The van der Waals surface area contributed by atoms with Crippen LogP contribution in [0.15, 0.2) is 36.8 Å². The van der Waals surface area contributed by atoms with Crippen LogP contribution in [0.1, 0.15) is 10.4 Å². The molecule has 0 atom stereocenters. The summed E-state index contributed by atoms with van der Waals surface area (Å²) in [6.45, 7) is 0. The normalized spacial score (nSPS) is 10.8. The molecule has 3 aromatic rings. The van der Waals surface area contributed by atoms with Crippen LogP contribution in [0.5, 0.6) is 0 Å². The fourth-order valence-corrected chi connectivity index (χ4v) is 3.07. The van der Waals surface area contributed by atoms with Crippen molar-refractivity contribution in [2.75, 3.05) is 19.0 Å². The molecule has 0 unspecified atom stereocenters. The number of carbonyl (C=O) groups excluding carboxylic acids is 1. The molecule has 7 heteroatoms. The second-order valence-electron chi connectivity index (χ2n) is 5.46. The lowest BCUT2D eigenvalue weighted by Gasteiger charge is -2.19. The van der Waals surface area contributed by atoms with Gasteiger partial charge in [-0.2, -0.15) is 0 Å². The molecule has 122 valence electrons. The van der Waals surface area contributed by atoms with Gasteiger partial charge in [0.25, 0.3) is 5.91 Å². The van der Waals surface area contributed by atoms with Crippen molar-refractivity contribution in [3.8, 4) is 11.1 Å². The zero-order valence-corrected chi connectivity index (χ0v) is 14.6. The van der Waals surface area contributed by atoms with Gasteiger partial charge in [0.15, 0.2) is 0 Å². The largest absolute Gasteiger partial charge is 0.376 e. The Labute approximate surface area is 149 Å². The van der Waals surface area contributed by atoms with E-state index < -0.39 is 5.91 Å². The molecule has 3 rings (SSSR count). The predicted octanol–water partition coefficient (Wildman–Crippen LogP) is 3.77. The number of anilines is 1. The van der Waals surface area contributed by atoms with E-state index in [0.29, 0.717) is 32.2 Å². The summed E-state index contributed by atoms with van der Waals surface area (Å²) < 4.78 is 0. The van der Waals surface area contributed by atoms with Gasteiger partial charge in [0.05, 0.1) is 26.8 Å². The summed E-state index contributed by atoms with van der Waals surface area (Å²) in [5, 5.41) is 1.60. The maximum absolute atomic E-state index is 11.7. The summed E-state index contributed by atoms with van der Waals surface area (Å²) in [6.07, 6.45) is 4.81. The molecular formula is C17H14Cl2N4O. The van der Waals surface area contributed by atoms with E-state index in [2.05, 4.69) is 9.97 Å². The molecular weight excluding hydrogens is 347 g/mol. The number of carbonyl (C=O) groups is 1. The van der Waals surface area contributed by atoms with Crippen molar-refractivity contribution in [3.63, 3.8) is 0 Å². The van der Waals surface area contributed by atoms with Crippen LogP contribution in [0.2, 0.25) is 10.0 Å². The van der Waals surface area contributed by atoms with Gasteiger partial charge in [-0.25, -0.2) is 0 Å². The van der Waals surface area contributed by atoms with E-state index in [9.17, 15) is 4.79 Å². The average Bonchev–Trinajstić information content (AvgIpc) is 2.55. The van der Waals surface area contributed by atoms with Crippen molar-refractivity contribution in [1.82, 2.24) is 9.97 Å². The Balaban J connectivity index is 2.39. The van der Waals surface area contributed by atoms with E-state index in [0.717, 1.165) is 11.1 Å². The number of halogens is 2. The zero-order valence-electron chi connectivity index (χ0n) is 13.0. The Hall–Kier alpha value is -2.37. The number of nitrogens with two attached hydrogens (primary N) is 1. The fraction of sp³-hybridized carbons (Fsp3) is 0.118. The Kier molecular flexibility index (Phi) is 4.30. The van der Waals surface area contributed by atoms with Crippen LogP contribution < -0.4 is 10.6 Å². The van der Waals surface area contributed by atoms with Crippen molar-refractivity contribution in [1.29, 1.82) is 0 Å².